The normalized spacial score (nSPS) is 25.9. The summed E-state index contributed by atoms with van der Waals surface area (Å²) in [4.78, 5) is 32.8. The van der Waals surface area contributed by atoms with Gasteiger partial charge in [-0.05, 0) is 75.4 Å². The number of anilines is 2. The molecule has 1 aromatic heterocycles. The highest BCUT2D eigenvalue weighted by molar-refractivity contribution is 8.01. The Hall–Kier alpha value is -2.78. The van der Waals surface area contributed by atoms with Gasteiger partial charge in [-0.3, -0.25) is 9.69 Å². The zero-order valence-electron chi connectivity index (χ0n) is 19.2. The molecule has 0 bridgehead atoms. The van der Waals surface area contributed by atoms with Crippen molar-refractivity contribution in [2.24, 2.45) is 0 Å². The van der Waals surface area contributed by atoms with Gasteiger partial charge < -0.3 is 20.7 Å². The van der Waals surface area contributed by atoms with Gasteiger partial charge in [-0.15, -0.1) is 0 Å². The molecule has 0 radical (unpaired) electrons. The maximum absolute atomic E-state index is 13.4. The molecule has 3 aliphatic heterocycles. The zero-order valence-corrected chi connectivity index (χ0v) is 20.0. The van der Waals surface area contributed by atoms with Gasteiger partial charge in [0.25, 0.3) is 0 Å². The van der Waals surface area contributed by atoms with Crippen LogP contribution in [-0.4, -0.2) is 47.4 Å². The van der Waals surface area contributed by atoms with E-state index in [4.69, 9.17) is 4.74 Å². The predicted molar refractivity (Wildman–Crippen MR) is 131 cm³/mol. The number of amides is 3. The van der Waals surface area contributed by atoms with Gasteiger partial charge in [0.2, 0.25) is 5.91 Å². The highest BCUT2D eigenvalue weighted by Gasteiger charge is 2.47. The number of rotatable bonds is 5. The second-order valence-electron chi connectivity index (χ2n) is 9.52. The predicted octanol–water partition coefficient (Wildman–Crippen LogP) is 3.57. The van der Waals surface area contributed by atoms with Crippen LogP contribution in [0, 0.1) is 6.92 Å². The molecule has 3 atom stereocenters. The summed E-state index contributed by atoms with van der Waals surface area (Å²) >= 11 is 1.44. The Kier molecular flexibility index (Phi) is 5.61. The third-order valence-electron chi connectivity index (χ3n) is 7.17. The van der Waals surface area contributed by atoms with Gasteiger partial charge in [0, 0.05) is 24.3 Å². The molecule has 4 heterocycles. The van der Waals surface area contributed by atoms with Crippen LogP contribution in [0.25, 0.3) is 0 Å². The maximum atomic E-state index is 13.4. The number of ether oxygens (including phenoxy) is 1. The van der Waals surface area contributed by atoms with Crippen molar-refractivity contribution < 1.29 is 14.3 Å². The van der Waals surface area contributed by atoms with Gasteiger partial charge in [-0.2, -0.15) is 0 Å². The Morgan fingerprint density at radius 3 is 2.82 bits per heavy atom. The van der Waals surface area contributed by atoms with E-state index in [2.05, 4.69) is 20.9 Å². The number of aromatic nitrogens is 1. The van der Waals surface area contributed by atoms with Crippen molar-refractivity contribution in [2.75, 3.05) is 18.0 Å². The van der Waals surface area contributed by atoms with E-state index < -0.39 is 11.3 Å². The number of nitrogens with one attached hydrogen (secondary N) is 3. The van der Waals surface area contributed by atoms with Crippen LogP contribution in [0.2, 0.25) is 0 Å². The van der Waals surface area contributed by atoms with E-state index in [-0.39, 0.29) is 18.0 Å². The molecule has 4 aliphatic rings. The third kappa shape index (κ3) is 3.80. The average Bonchev–Trinajstić information content (AvgIpc) is 3.18. The molecule has 1 aliphatic carbocycles. The van der Waals surface area contributed by atoms with Gasteiger partial charge in [0.05, 0.1) is 23.5 Å². The number of hydrogen-bond acceptors (Lipinski definition) is 6. The highest BCUT2D eigenvalue weighted by atomic mass is 32.2. The largest absolute Gasteiger partial charge is 0.490 e. The Morgan fingerprint density at radius 2 is 2.09 bits per heavy atom. The van der Waals surface area contributed by atoms with Gasteiger partial charge in [0.15, 0.2) is 0 Å². The maximum Gasteiger partial charge on any atom is 0.327 e. The lowest BCUT2D eigenvalue weighted by Gasteiger charge is -2.35. The van der Waals surface area contributed by atoms with Crippen LogP contribution in [0.4, 0.5) is 16.2 Å². The fourth-order valence-corrected chi connectivity index (χ4v) is 6.39. The number of pyridine rings is 1. The Morgan fingerprint density at radius 1 is 1.21 bits per heavy atom. The van der Waals surface area contributed by atoms with Gasteiger partial charge in [-0.1, -0.05) is 11.8 Å². The van der Waals surface area contributed by atoms with E-state index >= 15 is 0 Å². The SMILES string of the molecule is Cc1cc(OC2CCC2)ccc1N1C(=O)NC2c3c1ccnc3S[C@H]2C(=O)NC1CCCNC1. The third-order valence-corrected chi connectivity index (χ3v) is 8.46. The van der Waals surface area contributed by atoms with E-state index in [0.717, 1.165) is 72.0 Å². The molecule has 9 heteroatoms. The summed E-state index contributed by atoms with van der Waals surface area (Å²) in [6.07, 6.45) is 7.46. The van der Waals surface area contributed by atoms with Gasteiger partial charge in [-0.25, -0.2) is 9.78 Å². The summed E-state index contributed by atoms with van der Waals surface area (Å²) in [7, 11) is 0. The van der Waals surface area contributed by atoms with Crippen LogP contribution in [0.5, 0.6) is 5.75 Å². The monoisotopic (exact) mass is 479 g/mol. The van der Waals surface area contributed by atoms with E-state index in [1.165, 1.54) is 18.2 Å². The van der Waals surface area contributed by atoms with Gasteiger partial charge >= 0.3 is 6.03 Å². The molecule has 3 amide bonds. The first kappa shape index (κ1) is 21.7. The summed E-state index contributed by atoms with van der Waals surface area (Å²) in [5.74, 6) is 0.792. The molecular formula is C25H29N5O3S. The number of carbonyl (C=O) groups excluding carboxylic acids is 2. The molecule has 34 heavy (non-hydrogen) atoms. The van der Waals surface area contributed by atoms with Crippen LogP contribution in [0.15, 0.2) is 35.5 Å². The first-order valence-electron chi connectivity index (χ1n) is 12.1. The summed E-state index contributed by atoms with van der Waals surface area (Å²) in [5.41, 5.74) is 3.47. The fraction of sp³-hybridized carbons (Fsp3) is 0.480. The van der Waals surface area contributed by atoms with E-state index in [0.29, 0.717) is 6.10 Å². The minimum absolute atomic E-state index is 0.0462. The minimum atomic E-state index is -0.434. The lowest BCUT2D eigenvalue weighted by molar-refractivity contribution is -0.121. The van der Waals surface area contributed by atoms with E-state index in [9.17, 15) is 9.59 Å². The van der Waals surface area contributed by atoms with Crippen LogP contribution in [0.1, 0.15) is 49.3 Å². The first-order valence-corrected chi connectivity index (χ1v) is 13.0. The molecule has 6 rings (SSSR count). The van der Waals surface area contributed by atoms with Crippen molar-refractivity contribution in [3.8, 4) is 5.75 Å². The standard InChI is InChI=1S/C25H29N5O3S/c1-14-12-17(33-16-5-2-6-16)7-8-18(14)30-19-9-11-27-24-20(19)21(29-25(30)32)22(34-24)23(31)28-15-4-3-10-26-13-15/h7-9,11-12,15-16,21-22,26H,2-6,10,13H2,1H3,(H,28,31)(H,29,32)/t15?,21?,22-/m1/s1. The Labute approximate surface area is 203 Å². The van der Waals surface area contributed by atoms with Crippen molar-refractivity contribution in [1.82, 2.24) is 20.9 Å². The topological polar surface area (TPSA) is 95.6 Å². The lowest BCUT2D eigenvalue weighted by atomic mass is 9.96. The molecule has 8 nitrogen and oxygen atoms in total. The quantitative estimate of drug-likeness (QED) is 0.607. The summed E-state index contributed by atoms with van der Waals surface area (Å²) in [6.45, 7) is 3.77. The van der Waals surface area contributed by atoms with Crippen LogP contribution in [0.3, 0.4) is 0 Å². The van der Waals surface area contributed by atoms with E-state index in [1.54, 1.807) is 11.1 Å². The molecule has 1 aromatic carbocycles. The molecule has 2 aromatic rings. The molecular weight excluding hydrogens is 450 g/mol. The van der Waals surface area contributed by atoms with Crippen molar-refractivity contribution in [3.63, 3.8) is 0 Å². The summed E-state index contributed by atoms with van der Waals surface area (Å²) in [6, 6.07) is 7.24. The van der Waals surface area contributed by atoms with Crippen molar-refractivity contribution in [1.29, 1.82) is 0 Å². The molecule has 0 spiro atoms. The first-order chi connectivity index (χ1) is 16.6. The van der Waals surface area contributed by atoms with Crippen molar-refractivity contribution in [3.05, 3.63) is 41.6 Å². The summed E-state index contributed by atoms with van der Waals surface area (Å²) < 4.78 is 6.04. The number of aryl methyl sites for hydroxylation is 1. The molecule has 3 N–H and O–H groups in total. The number of piperidine rings is 1. The molecule has 1 saturated heterocycles. The Bertz CT molecular complexity index is 1130. The van der Waals surface area contributed by atoms with Gasteiger partial charge in [0.1, 0.15) is 16.0 Å². The number of hydrogen-bond donors (Lipinski definition) is 3. The van der Waals surface area contributed by atoms with Crippen molar-refractivity contribution in [2.45, 2.75) is 67.5 Å². The second kappa shape index (κ2) is 8.78. The number of benzene rings is 1. The summed E-state index contributed by atoms with van der Waals surface area (Å²) in [5, 5.41) is 9.97. The zero-order chi connectivity index (χ0) is 23.2. The van der Waals surface area contributed by atoms with E-state index in [1.807, 2.05) is 31.2 Å². The molecule has 2 unspecified atom stereocenters. The van der Waals surface area contributed by atoms with Crippen LogP contribution < -0.4 is 25.6 Å². The fourth-order valence-electron chi connectivity index (χ4n) is 5.16. The Balaban J connectivity index is 1.27. The number of carbonyl (C=O) groups is 2. The molecule has 1 saturated carbocycles. The molecule has 2 fully saturated rings. The number of urea groups is 1. The molecule has 178 valence electrons. The minimum Gasteiger partial charge on any atom is -0.490 e. The van der Waals surface area contributed by atoms with Crippen molar-refractivity contribution >= 4 is 35.1 Å². The van der Waals surface area contributed by atoms with Crippen LogP contribution in [-0.2, 0) is 4.79 Å². The lowest BCUT2D eigenvalue weighted by Crippen LogP contribution is -2.52. The highest BCUT2D eigenvalue weighted by Crippen LogP contribution is 2.51. The smallest absolute Gasteiger partial charge is 0.327 e. The second-order valence-corrected chi connectivity index (χ2v) is 10.7. The number of thioether (sulfide) groups is 1. The number of nitrogens with zero attached hydrogens (tertiary/aromatic N) is 2. The van der Waals surface area contributed by atoms with Crippen LogP contribution >= 0.6 is 11.8 Å². The average molecular weight is 480 g/mol.